The van der Waals surface area contributed by atoms with Crippen LogP contribution in [0.25, 0.3) is 0 Å². The molecular weight excluding hydrogens is 204 g/mol. The Morgan fingerprint density at radius 2 is 2.00 bits per heavy atom. The molecule has 0 unspecified atom stereocenters. The van der Waals surface area contributed by atoms with Crippen LogP contribution in [0.1, 0.15) is 31.9 Å². The molecule has 0 saturated heterocycles. The van der Waals surface area contributed by atoms with Gasteiger partial charge in [0.15, 0.2) is 6.61 Å². The zero-order valence-electron chi connectivity index (χ0n) is 10.2. The molecule has 16 heavy (non-hydrogen) atoms. The van der Waals surface area contributed by atoms with E-state index in [0.29, 0.717) is 5.75 Å². The topological polar surface area (TPSA) is 46.5 Å². The lowest BCUT2D eigenvalue weighted by Gasteiger charge is -2.20. The number of carboxylic acids is 1. The SMILES string of the molecule is Cc1cc(C(C)(C)C)ccc1OCC(=O)O. The molecule has 0 aliphatic carbocycles. The molecule has 0 spiro atoms. The van der Waals surface area contributed by atoms with Gasteiger partial charge in [-0.25, -0.2) is 4.79 Å². The fourth-order valence-corrected chi connectivity index (χ4v) is 1.42. The summed E-state index contributed by atoms with van der Waals surface area (Å²) in [6.45, 7) is 8.04. The van der Waals surface area contributed by atoms with Gasteiger partial charge in [0.1, 0.15) is 5.75 Å². The number of rotatable bonds is 3. The second-order valence-corrected chi connectivity index (χ2v) is 4.91. The summed E-state index contributed by atoms with van der Waals surface area (Å²) in [5.74, 6) is -0.324. The van der Waals surface area contributed by atoms with Crippen molar-refractivity contribution in [1.29, 1.82) is 0 Å². The van der Waals surface area contributed by atoms with Crippen LogP contribution in [0.15, 0.2) is 18.2 Å². The van der Waals surface area contributed by atoms with Crippen LogP contribution in [0.3, 0.4) is 0 Å². The number of carboxylic acid groups (broad SMARTS) is 1. The first-order valence-corrected chi connectivity index (χ1v) is 5.26. The first-order valence-electron chi connectivity index (χ1n) is 5.26. The Labute approximate surface area is 96.1 Å². The highest BCUT2D eigenvalue weighted by Gasteiger charge is 2.14. The second-order valence-electron chi connectivity index (χ2n) is 4.91. The Bertz CT molecular complexity index is 389. The molecule has 0 amide bonds. The van der Waals surface area contributed by atoms with E-state index in [2.05, 4.69) is 20.8 Å². The third-order valence-electron chi connectivity index (χ3n) is 2.39. The molecule has 1 aromatic rings. The average molecular weight is 222 g/mol. The molecule has 0 saturated carbocycles. The van der Waals surface area contributed by atoms with Crippen LogP contribution >= 0.6 is 0 Å². The molecule has 0 aromatic heterocycles. The molecule has 0 heterocycles. The van der Waals surface area contributed by atoms with Gasteiger partial charge in [-0.05, 0) is 29.5 Å². The lowest BCUT2D eigenvalue weighted by atomic mass is 9.86. The van der Waals surface area contributed by atoms with Crippen molar-refractivity contribution < 1.29 is 14.6 Å². The lowest BCUT2D eigenvalue weighted by molar-refractivity contribution is -0.139. The minimum atomic E-state index is -0.959. The predicted molar refractivity (Wildman–Crippen MR) is 63.0 cm³/mol. The molecule has 1 rings (SSSR count). The van der Waals surface area contributed by atoms with Crippen molar-refractivity contribution >= 4 is 5.97 Å². The van der Waals surface area contributed by atoms with E-state index in [1.165, 1.54) is 5.56 Å². The summed E-state index contributed by atoms with van der Waals surface area (Å²) < 4.78 is 5.17. The maximum Gasteiger partial charge on any atom is 0.341 e. The van der Waals surface area contributed by atoms with Crippen molar-refractivity contribution in [2.45, 2.75) is 33.1 Å². The molecule has 3 heteroatoms. The van der Waals surface area contributed by atoms with Gasteiger partial charge in [0.25, 0.3) is 0 Å². The van der Waals surface area contributed by atoms with Crippen LogP contribution in [-0.4, -0.2) is 17.7 Å². The number of hydrogen-bond donors (Lipinski definition) is 1. The van der Waals surface area contributed by atoms with E-state index in [1.54, 1.807) is 0 Å². The van der Waals surface area contributed by atoms with Gasteiger partial charge in [-0.2, -0.15) is 0 Å². The molecule has 0 bridgehead atoms. The molecule has 0 fully saturated rings. The molecule has 88 valence electrons. The summed E-state index contributed by atoms with van der Waals surface area (Å²) in [5.41, 5.74) is 2.28. The van der Waals surface area contributed by atoms with Crippen LogP contribution in [-0.2, 0) is 10.2 Å². The maximum atomic E-state index is 10.4. The molecule has 1 N–H and O–H groups in total. The van der Waals surface area contributed by atoms with Gasteiger partial charge >= 0.3 is 5.97 Å². The standard InChI is InChI=1S/C13H18O3/c1-9-7-10(13(2,3)4)5-6-11(9)16-8-12(14)15/h5-7H,8H2,1-4H3,(H,14,15). The minimum Gasteiger partial charge on any atom is -0.482 e. The zero-order chi connectivity index (χ0) is 12.3. The van der Waals surface area contributed by atoms with E-state index in [0.717, 1.165) is 5.56 Å². The molecule has 0 aliphatic heterocycles. The van der Waals surface area contributed by atoms with Gasteiger partial charge in [0.2, 0.25) is 0 Å². The summed E-state index contributed by atoms with van der Waals surface area (Å²) in [7, 11) is 0. The number of aryl methyl sites for hydroxylation is 1. The fraction of sp³-hybridized carbons (Fsp3) is 0.462. The molecule has 3 nitrogen and oxygen atoms in total. The normalized spacial score (nSPS) is 11.2. The van der Waals surface area contributed by atoms with Gasteiger partial charge < -0.3 is 9.84 Å². The van der Waals surface area contributed by atoms with Crippen molar-refractivity contribution in [3.8, 4) is 5.75 Å². The van der Waals surface area contributed by atoms with E-state index >= 15 is 0 Å². The van der Waals surface area contributed by atoms with Crippen LogP contribution in [0, 0.1) is 6.92 Å². The first-order chi connectivity index (χ1) is 7.30. The Kier molecular flexibility index (Phi) is 3.58. The van der Waals surface area contributed by atoms with E-state index in [4.69, 9.17) is 9.84 Å². The number of hydrogen-bond acceptors (Lipinski definition) is 2. The monoisotopic (exact) mass is 222 g/mol. The van der Waals surface area contributed by atoms with Gasteiger partial charge in [0.05, 0.1) is 0 Å². The third-order valence-corrected chi connectivity index (χ3v) is 2.39. The molecule has 0 aliphatic rings. The quantitative estimate of drug-likeness (QED) is 0.855. The lowest BCUT2D eigenvalue weighted by Crippen LogP contribution is -2.13. The van der Waals surface area contributed by atoms with Crippen molar-refractivity contribution in [3.05, 3.63) is 29.3 Å². The first kappa shape index (κ1) is 12.6. The summed E-state index contributed by atoms with van der Waals surface area (Å²) in [6.07, 6.45) is 0. The molecule has 1 aromatic carbocycles. The highest BCUT2D eigenvalue weighted by atomic mass is 16.5. The van der Waals surface area contributed by atoms with E-state index in [1.807, 2.05) is 25.1 Å². The Morgan fingerprint density at radius 1 is 1.38 bits per heavy atom. The highest BCUT2D eigenvalue weighted by molar-refractivity contribution is 5.68. The number of carbonyl (C=O) groups is 1. The highest BCUT2D eigenvalue weighted by Crippen LogP contribution is 2.27. The van der Waals surface area contributed by atoms with Crippen molar-refractivity contribution in [3.63, 3.8) is 0 Å². The van der Waals surface area contributed by atoms with Crippen LogP contribution in [0.4, 0.5) is 0 Å². The van der Waals surface area contributed by atoms with Crippen molar-refractivity contribution in [2.24, 2.45) is 0 Å². The fourth-order valence-electron chi connectivity index (χ4n) is 1.42. The number of benzene rings is 1. The molecule has 0 radical (unpaired) electrons. The summed E-state index contributed by atoms with van der Waals surface area (Å²) >= 11 is 0. The van der Waals surface area contributed by atoms with Gasteiger partial charge in [-0.3, -0.25) is 0 Å². The number of ether oxygens (including phenoxy) is 1. The van der Waals surface area contributed by atoms with Crippen LogP contribution < -0.4 is 4.74 Å². The number of aliphatic carboxylic acids is 1. The third kappa shape index (κ3) is 3.26. The van der Waals surface area contributed by atoms with Gasteiger partial charge in [-0.1, -0.05) is 32.9 Å². The van der Waals surface area contributed by atoms with E-state index in [-0.39, 0.29) is 12.0 Å². The maximum absolute atomic E-state index is 10.4. The Balaban J connectivity index is 2.88. The molecule has 0 atom stereocenters. The van der Waals surface area contributed by atoms with Crippen LogP contribution in [0.5, 0.6) is 5.75 Å². The second kappa shape index (κ2) is 4.56. The van der Waals surface area contributed by atoms with E-state index < -0.39 is 5.97 Å². The minimum absolute atomic E-state index is 0.0933. The Morgan fingerprint density at radius 3 is 2.44 bits per heavy atom. The van der Waals surface area contributed by atoms with Crippen LogP contribution in [0.2, 0.25) is 0 Å². The summed E-state index contributed by atoms with van der Waals surface area (Å²) in [5, 5.41) is 8.52. The van der Waals surface area contributed by atoms with Gasteiger partial charge in [-0.15, -0.1) is 0 Å². The van der Waals surface area contributed by atoms with E-state index in [9.17, 15) is 4.79 Å². The Hall–Kier alpha value is -1.51. The molecular formula is C13H18O3. The average Bonchev–Trinajstić information content (AvgIpc) is 2.14. The smallest absolute Gasteiger partial charge is 0.341 e. The van der Waals surface area contributed by atoms with Gasteiger partial charge in [0, 0.05) is 0 Å². The van der Waals surface area contributed by atoms with Crippen molar-refractivity contribution in [2.75, 3.05) is 6.61 Å². The predicted octanol–water partition coefficient (Wildman–Crippen LogP) is 2.76. The summed E-state index contributed by atoms with van der Waals surface area (Å²) in [6, 6.07) is 5.85. The van der Waals surface area contributed by atoms with Crippen molar-refractivity contribution in [1.82, 2.24) is 0 Å². The zero-order valence-corrected chi connectivity index (χ0v) is 10.2. The largest absolute Gasteiger partial charge is 0.482 e. The summed E-state index contributed by atoms with van der Waals surface area (Å²) in [4.78, 5) is 10.4.